The Morgan fingerprint density at radius 1 is 1.29 bits per heavy atom. The van der Waals surface area contributed by atoms with E-state index in [9.17, 15) is 8.42 Å². The third-order valence-electron chi connectivity index (χ3n) is 3.50. The SMILES string of the molecule is COc1ccc(S(=O)(=O)N(C)Cc2cnn(C)c2C)cc1. The number of ether oxygens (including phenoxy) is 1. The normalized spacial score (nSPS) is 11.9. The maximum Gasteiger partial charge on any atom is 0.243 e. The van der Waals surface area contributed by atoms with E-state index < -0.39 is 10.0 Å². The summed E-state index contributed by atoms with van der Waals surface area (Å²) in [6.07, 6.45) is 1.69. The lowest BCUT2D eigenvalue weighted by Gasteiger charge is -2.17. The van der Waals surface area contributed by atoms with Crippen molar-refractivity contribution in [3.05, 3.63) is 41.7 Å². The molecule has 2 rings (SSSR count). The molecule has 7 heteroatoms. The van der Waals surface area contributed by atoms with E-state index in [2.05, 4.69) is 5.10 Å². The van der Waals surface area contributed by atoms with E-state index in [-0.39, 0.29) is 11.4 Å². The van der Waals surface area contributed by atoms with E-state index in [4.69, 9.17) is 4.74 Å². The van der Waals surface area contributed by atoms with Crippen molar-refractivity contribution in [2.45, 2.75) is 18.4 Å². The average Bonchev–Trinajstić information content (AvgIpc) is 2.79. The van der Waals surface area contributed by atoms with Crippen molar-refractivity contribution in [3.8, 4) is 5.75 Å². The molecule has 0 saturated heterocycles. The molecule has 0 aliphatic heterocycles. The summed E-state index contributed by atoms with van der Waals surface area (Å²) < 4.78 is 33.1. The monoisotopic (exact) mass is 309 g/mol. The van der Waals surface area contributed by atoms with E-state index in [0.29, 0.717) is 5.75 Å². The maximum absolute atomic E-state index is 12.5. The lowest BCUT2D eigenvalue weighted by Crippen LogP contribution is -2.26. The molecule has 0 N–H and O–H groups in total. The topological polar surface area (TPSA) is 64.4 Å². The summed E-state index contributed by atoms with van der Waals surface area (Å²) in [5.41, 5.74) is 1.84. The number of methoxy groups -OCH3 is 1. The van der Waals surface area contributed by atoms with Gasteiger partial charge in [0, 0.05) is 31.9 Å². The molecule has 0 bridgehead atoms. The summed E-state index contributed by atoms with van der Waals surface area (Å²) in [4.78, 5) is 0.243. The van der Waals surface area contributed by atoms with Gasteiger partial charge in [-0.1, -0.05) is 0 Å². The van der Waals surface area contributed by atoms with Crippen molar-refractivity contribution in [1.29, 1.82) is 0 Å². The average molecular weight is 309 g/mol. The minimum Gasteiger partial charge on any atom is -0.497 e. The molecule has 1 aromatic carbocycles. The zero-order chi connectivity index (χ0) is 15.6. The van der Waals surface area contributed by atoms with Crippen LogP contribution in [0.4, 0.5) is 0 Å². The predicted molar refractivity (Wildman–Crippen MR) is 79.6 cm³/mol. The standard InChI is InChI=1S/C14H19N3O3S/c1-11-12(9-15-17(11)3)10-16(2)21(18,19)14-7-5-13(20-4)6-8-14/h5-9H,10H2,1-4H3. The first-order valence-corrected chi connectivity index (χ1v) is 7.88. The molecule has 0 amide bonds. The zero-order valence-corrected chi connectivity index (χ0v) is 13.4. The maximum atomic E-state index is 12.5. The second-order valence-corrected chi connectivity index (χ2v) is 6.86. The Kier molecular flexibility index (Phi) is 4.34. The van der Waals surface area contributed by atoms with Crippen molar-refractivity contribution >= 4 is 10.0 Å². The van der Waals surface area contributed by atoms with Crippen LogP contribution in [0.15, 0.2) is 35.4 Å². The Balaban J connectivity index is 2.23. The van der Waals surface area contributed by atoms with Gasteiger partial charge < -0.3 is 4.74 Å². The molecule has 114 valence electrons. The first-order valence-electron chi connectivity index (χ1n) is 6.44. The Labute approximate surface area is 125 Å². The van der Waals surface area contributed by atoms with Gasteiger partial charge in [0.2, 0.25) is 10.0 Å². The minimum atomic E-state index is -3.53. The van der Waals surface area contributed by atoms with Gasteiger partial charge in [0.15, 0.2) is 0 Å². The molecule has 1 heterocycles. The Bertz CT molecular complexity index is 720. The van der Waals surface area contributed by atoms with Crippen molar-refractivity contribution in [2.75, 3.05) is 14.2 Å². The molecule has 1 aromatic heterocycles. The smallest absolute Gasteiger partial charge is 0.243 e. The van der Waals surface area contributed by atoms with E-state index in [1.54, 1.807) is 49.3 Å². The molecule has 0 atom stereocenters. The number of aromatic nitrogens is 2. The first-order chi connectivity index (χ1) is 9.86. The molecule has 0 aliphatic rings. The molecule has 0 spiro atoms. The van der Waals surface area contributed by atoms with E-state index in [1.165, 1.54) is 4.31 Å². The number of nitrogens with zero attached hydrogens (tertiary/aromatic N) is 3. The molecule has 21 heavy (non-hydrogen) atoms. The van der Waals surface area contributed by atoms with Crippen LogP contribution in [0.3, 0.4) is 0 Å². The van der Waals surface area contributed by atoms with Crippen LogP contribution in [0.25, 0.3) is 0 Å². The van der Waals surface area contributed by atoms with Crippen LogP contribution < -0.4 is 4.74 Å². The van der Waals surface area contributed by atoms with E-state index >= 15 is 0 Å². The Morgan fingerprint density at radius 3 is 2.38 bits per heavy atom. The fourth-order valence-corrected chi connectivity index (χ4v) is 3.10. The highest BCUT2D eigenvalue weighted by atomic mass is 32.2. The second-order valence-electron chi connectivity index (χ2n) is 4.82. The van der Waals surface area contributed by atoms with Crippen molar-refractivity contribution in [1.82, 2.24) is 14.1 Å². The van der Waals surface area contributed by atoms with Crippen LogP contribution in [-0.2, 0) is 23.6 Å². The number of rotatable bonds is 5. The number of hydrogen-bond acceptors (Lipinski definition) is 4. The van der Waals surface area contributed by atoms with Gasteiger partial charge in [-0.25, -0.2) is 8.42 Å². The number of hydrogen-bond donors (Lipinski definition) is 0. The van der Waals surface area contributed by atoms with Crippen LogP contribution in [-0.4, -0.2) is 36.7 Å². The first kappa shape index (κ1) is 15.5. The molecule has 0 aliphatic carbocycles. The lowest BCUT2D eigenvalue weighted by molar-refractivity contribution is 0.414. The molecule has 2 aromatic rings. The molecule has 0 unspecified atom stereocenters. The lowest BCUT2D eigenvalue weighted by atomic mass is 10.3. The fourth-order valence-electron chi connectivity index (χ4n) is 1.95. The minimum absolute atomic E-state index is 0.243. The van der Waals surface area contributed by atoms with Gasteiger partial charge in [-0.3, -0.25) is 4.68 Å². The van der Waals surface area contributed by atoms with Crippen LogP contribution in [0, 0.1) is 6.92 Å². The summed E-state index contributed by atoms with van der Waals surface area (Å²) in [6, 6.07) is 6.35. The van der Waals surface area contributed by atoms with Gasteiger partial charge in [-0.15, -0.1) is 0 Å². The van der Waals surface area contributed by atoms with Gasteiger partial charge in [0.1, 0.15) is 5.75 Å². The zero-order valence-electron chi connectivity index (χ0n) is 12.6. The van der Waals surface area contributed by atoms with Crippen LogP contribution in [0.5, 0.6) is 5.75 Å². The predicted octanol–water partition coefficient (Wildman–Crippen LogP) is 1.56. The van der Waals surface area contributed by atoms with E-state index in [1.807, 2.05) is 14.0 Å². The molecule has 0 saturated carbocycles. The van der Waals surface area contributed by atoms with Gasteiger partial charge in [0.25, 0.3) is 0 Å². The van der Waals surface area contributed by atoms with Gasteiger partial charge in [-0.2, -0.15) is 9.40 Å². The second kappa shape index (κ2) is 5.87. The van der Waals surface area contributed by atoms with Gasteiger partial charge >= 0.3 is 0 Å². The number of sulfonamides is 1. The van der Waals surface area contributed by atoms with Crippen LogP contribution in [0.1, 0.15) is 11.3 Å². The summed E-state index contributed by atoms with van der Waals surface area (Å²) in [6.45, 7) is 2.20. The molecule has 0 radical (unpaired) electrons. The van der Waals surface area contributed by atoms with Gasteiger partial charge in [0.05, 0.1) is 18.2 Å². The summed E-state index contributed by atoms with van der Waals surface area (Å²) >= 11 is 0. The highest BCUT2D eigenvalue weighted by Gasteiger charge is 2.22. The molecular formula is C14H19N3O3S. The highest BCUT2D eigenvalue weighted by Crippen LogP contribution is 2.20. The van der Waals surface area contributed by atoms with Crippen LogP contribution >= 0.6 is 0 Å². The summed E-state index contributed by atoms with van der Waals surface area (Å²) in [5, 5.41) is 4.13. The third-order valence-corrected chi connectivity index (χ3v) is 5.32. The van der Waals surface area contributed by atoms with Gasteiger partial charge in [-0.05, 0) is 31.2 Å². The van der Waals surface area contributed by atoms with Crippen LogP contribution in [0.2, 0.25) is 0 Å². The molecular weight excluding hydrogens is 290 g/mol. The summed E-state index contributed by atoms with van der Waals surface area (Å²) in [5.74, 6) is 0.625. The summed E-state index contributed by atoms with van der Waals surface area (Å²) in [7, 11) is 1.41. The Hall–Kier alpha value is -1.86. The van der Waals surface area contributed by atoms with E-state index in [0.717, 1.165) is 11.3 Å². The Morgan fingerprint density at radius 2 is 1.90 bits per heavy atom. The number of benzene rings is 1. The van der Waals surface area contributed by atoms with Crippen molar-refractivity contribution in [3.63, 3.8) is 0 Å². The molecule has 6 nitrogen and oxygen atoms in total. The number of aryl methyl sites for hydroxylation is 1. The quantitative estimate of drug-likeness (QED) is 0.841. The highest BCUT2D eigenvalue weighted by molar-refractivity contribution is 7.89. The van der Waals surface area contributed by atoms with Crippen molar-refractivity contribution < 1.29 is 13.2 Å². The third kappa shape index (κ3) is 3.08. The molecule has 0 fully saturated rings. The largest absolute Gasteiger partial charge is 0.497 e. The van der Waals surface area contributed by atoms with Crippen molar-refractivity contribution in [2.24, 2.45) is 7.05 Å². The fraction of sp³-hybridized carbons (Fsp3) is 0.357.